The SMILES string of the molecule is CC(C)c1cnc(/C(=C\C(=N)Cl)N(Cc2c(F)cccc2F)C(=O)OC(C)(C)C)[nH]1. The number of carbonyl (C=O) groups is 1. The first-order valence-electron chi connectivity index (χ1n) is 9.33. The Hall–Kier alpha value is -2.74. The van der Waals surface area contributed by atoms with Gasteiger partial charge in [0.25, 0.3) is 0 Å². The lowest BCUT2D eigenvalue weighted by atomic mass is 10.1. The second-order valence-electron chi connectivity index (χ2n) is 7.99. The summed E-state index contributed by atoms with van der Waals surface area (Å²) in [6.07, 6.45) is 1.90. The lowest BCUT2D eigenvalue weighted by Crippen LogP contribution is -2.36. The summed E-state index contributed by atoms with van der Waals surface area (Å²) < 4.78 is 34.1. The number of aromatic nitrogens is 2. The van der Waals surface area contributed by atoms with Crippen LogP contribution < -0.4 is 0 Å². The highest BCUT2D eigenvalue weighted by Crippen LogP contribution is 2.26. The molecule has 1 heterocycles. The summed E-state index contributed by atoms with van der Waals surface area (Å²) in [7, 11) is 0. The van der Waals surface area contributed by atoms with E-state index in [1.165, 1.54) is 12.1 Å². The van der Waals surface area contributed by atoms with Crippen LogP contribution in [0.25, 0.3) is 5.70 Å². The number of benzene rings is 1. The molecule has 0 atom stereocenters. The van der Waals surface area contributed by atoms with Crippen LogP contribution in [0.5, 0.6) is 0 Å². The zero-order chi connectivity index (χ0) is 22.6. The molecule has 2 N–H and O–H groups in total. The second kappa shape index (κ2) is 9.38. The molecule has 0 saturated heterocycles. The molecule has 1 amide bonds. The third kappa shape index (κ3) is 6.13. The van der Waals surface area contributed by atoms with Crippen molar-refractivity contribution in [3.8, 4) is 0 Å². The van der Waals surface area contributed by atoms with Gasteiger partial charge in [0.05, 0.1) is 12.2 Å². The number of hydrogen-bond donors (Lipinski definition) is 2. The molecule has 162 valence electrons. The maximum absolute atomic E-state index is 14.3. The Bertz CT molecular complexity index is 944. The van der Waals surface area contributed by atoms with Crippen LogP contribution in [-0.4, -0.2) is 31.7 Å². The van der Waals surface area contributed by atoms with Crippen LogP contribution in [0.2, 0.25) is 0 Å². The van der Waals surface area contributed by atoms with Crippen molar-refractivity contribution in [1.29, 1.82) is 5.41 Å². The smallest absolute Gasteiger partial charge is 0.415 e. The minimum absolute atomic E-state index is 0.0544. The lowest BCUT2D eigenvalue weighted by molar-refractivity contribution is 0.0339. The fraction of sp³-hybridized carbons (Fsp3) is 0.381. The number of aromatic amines is 1. The maximum atomic E-state index is 14.3. The molecule has 1 aromatic heterocycles. The van der Waals surface area contributed by atoms with Crippen LogP contribution in [0.3, 0.4) is 0 Å². The molecule has 2 aromatic rings. The third-order valence-corrected chi connectivity index (χ3v) is 4.12. The van der Waals surface area contributed by atoms with Crippen molar-refractivity contribution in [3.05, 3.63) is 59.2 Å². The Balaban J connectivity index is 2.60. The number of nitrogens with one attached hydrogen (secondary N) is 2. The van der Waals surface area contributed by atoms with Crippen LogP contribution >= 0.6 is 11.6 Å². The number of allylic oxidation sites excluding steroid dienone is 1. The molecule has 0 unspecified atom stereocenters. The van der Waals surface area contributed by atoms with Gasteiger partial charge in [0.2, 0.25) is 0 Å². The summed E-state index contributed by atoms with van der Waals surface area (Å²) in [5.74, 6) is -1.30. The Morgan fingerprint density at radius 2 is 1.93 bits per heavy atom. The summed E-state index contributed by atoms with van der Waals surface area (Å²) in [6.45, 7) is 8.42. The summed E-state index contributed by atoms with van der Waals surface area (Å²) in [5.41, 5.74) is -0.363. The van der Waals surface area contributed by atoms with Gasteiger partial charge in [0, 0.05) is 23.5 Å². The van der Waals surface area contributed by atoms with Gasteiger partial charge in [-0.15, -0.1) is 0 Å². The molecule has 0 aliphatic heterocycles. The van der Waals surface area contributed by atoms with E-state index in [9.17, 15) is 13.6 Å². The molecule has 0 aliphatic carbocycles. The van der Waals surface area contributed by atoms with E-state index in [0.29, 0.717) is 0 Å². The average molecular weight is 439 g/mol. The number of rotatable bonds is 6. The summed E-state index contributed by atoms with van der Waals surface area (Å²) in [4.78, 5) is 21.3. The number of imidazole rings is 1. The van der Waals surface area contributed by atoms with E-state index in [1.54, 1.807) is 27.0 Å². The highest BCUT2D eigenvalue weighted by Gasteiger charge is 2.29. The molecule has 0 bridgehead atoms. The summed E-state index contributed by atoms with van der Waals surface area (Å²) >= 11 is 5.78. The Morgan fingerprint density at radius 3 is 2.40 bits per heavy atom. The van der Waals surface area contributed by atoms with Crippen molar-refractivity contribution >= 4 is 28.6 Å². The molecule has 30 heavy (non-hydrogen) atoms. The van der Waals surface area contributed by atoms with E-state index in [2.05, 4.69) is 9.97 Å². The molecule has 0 saturated carbocycles. The van der Waals surface area contributed by atoms with Gasteiger partial charge in [-0.05, 0) is 38.8 Å². The van der Waals surface area contributed by atoms with Crippen LogP contribution in [-0.2, 0) is 11.3 Å². The predicted molar refractivity (Wildman–Crippen MR) is 112 cm³/mol. The van der Waals surface area contributed by atoms with Gasteiger partial charge < -0.3 is 9.72 Å². The zero-order valence-electron chi connectivity index (χ0n) is 17.5. The number of halogens is 3. The first-order chi connectivity index (χ1) is 13.9. The largest absolute Gasteiger partial charge is 0.443 e. The summed E-state index contributed by atoms with van der Waals surface area (Å²) in [6, 6.07) is 3.43. The first kappa shape index (κ1) is 23.5. The van der Waals surface area contributed by atoms with E-state index in [-0.39, 0.29) is 23.0 Å². The second-order valence-corrected chi connectivity index (χ2v) is 8.39. The molecule has 0 fully saturated rings. The average Bonchev–Trinajstić information content (AvgIpc) is 3.08. The first-order valence-corrected chi connectivity index (χ1v) is 9.71. The van der Waals surface area contributed by atoms with Crippen molar-refractivity contribution in [2.24, 2.45) is 0 Å². The van der Waals surface area contributed by atoms with Crippen molar-refractivity contribution in [1.82, 2.24) is 14.9 Å². The van der Waals surface area contributed by atoms with Crippen LogP contribution in [0.15, 0.2) is 30.5 Å². The number of nitrogens with zero attached hydrogens (tertiary/aromatic N) is 2. The molecule has 0 spiro atoms. The Morgan fingerprint density at radius 1 is 1.33 bits per heavy atom. The minimum Gasteiger partial charge on any atom is -0.443 e. The predicted octanol–water partition coefficient (Wildman–Crippen LogP) is 5.81. The third-order valence-electron chi connectivity index (χ3n) is 4.01. The van der Waals surface area contributed by atoms with Gasteiger partial charge >= 0.3 is 6.09 Å². The molecule has 0 radical (unpaired) electrons. The van der Waals surface area contributed by atoms with Crippen LogP contribution in [0.1, 0.15) is 57.6 Å². The normalized spacial score (nSPS) is 12.2. The molecule has 9 heteroatoms. The molecule has 1 aromatic carbocycles. The molecule has 2 rings (SSSR count). The standard InChI is InChI=1S/C21H25ClF2N4O2/c1-12(2)16-10-26-19(27-16)17(9-18(22)25)28(20(29)30-21(3,4)5)11-13-14(23)7-6-8-15(13)24/h6-10,12,25H,11H2,1-5H3,(H,26,27)/b17-9+,25-18?. The topological polar surface area (TPSA) is 82.1 Å². The van der Waals surface area contributed by atoms with Crippen molar-refractivity contribution in [3.63, 3.8) is 0 Å². The molecular formula is C21H25ClF2N4O2. The maximum Gasteiger partial charge on any atom is 0.415 e. The molecule has 0 aliphatic rings. The van der Waals surface area contributed by atoms with Gasteiger partial charge in [0.15, 0.2) is 5.82 Å². The number of carbonyl (C=O) groups excluding carboxylic acids is 1. The highest BCUT2D eigenvalue weighted by atomic mass is 35.5. The Labute approximate surface area is 179 Å². The van der Waals surface area contributed by atoms with Gasteiger partial charge in [0.1, 0.15) is 22.4 Å². The monoisotopic (exact) mass is 438 g/mol. The van der Waals surface area contributed by atoms with Gasteiger partial charge in [-0.2, -0.15) is 0 Å². The van der Waals surface area contributed by atoms with Crippen LogP contribution in [0.4, 0.5) is 13.6 Å². The molecule has 6 nitrogen and oxygen atoms in total. The van der Waals surface area contributed by atoms with Crippen molar-refractivity contribution < 1.29 is 18.3 Å². The number of ether oxygens (including phenoxy) is 1. The van der Waals surface area contributed by atoms with Crippen LogP contribution in [0, 0.1) is 17.0 Å². The van der Waals surface area contributed by atoms with E-state index < -0.39 is 35.0 Å². The molecular weight excluding hydrogens is 414 g/mol. The van der Waals surface area contributed by atoms with E-state index >= 15 is 0 Å². The van der Waals surface area contributed by atoms with Gasteiger partial charge in [-0.3, -0.25) is 10.3 Å². The fourth-order valence-electron chi connectivity index (χ4n) is 2.56. The fourth-order valence-corrected chi connectivity index (χ4v) is 2.66. The van der Waals surface area contributed by atoms with E-state index in [1.807, 2.05) is 13.8 Å². The highest BCUT2D eigenvalue weighted by molar-refractivity contribution is 6.68. The number of hydrogen-bond acceptors (Lipinski definition) is 4. The van der Waals surface area contributed by atoms with E-state index in [0.717, 1.165) is 22.7 Å². The summed E-state index contributed by atoms with van der Waals surface area (Å²) in [5, 5.41) is 7.27. The number of amides is 1. The van der Waals surface area contributed by atoms with Gasteiger partial charge in [-0.25, -0.2) is 18.6 Å². The van der Waals surface area contributed by atoms with Gasteiger partial charge in [-0.1, -0.05) is 31.5 Å². The number of H-pyrrole nitrogens is 1. The zero-order valence-corrected chi connectivity index (χ0v) is 18.3. The Kier molecular flexibility index (Phi) is 7.36. The lowest BCUT2D eigenvalue weighted by Gasteiger charge is -2.28. The van der Waals surface area contributed by atoms with Crippen molar-refractivity contribution in [2.75, 3.05) is 0 Å². The quantitative estimate of drug-likeness (QED) is 0.558. The minimum atomic E-state index is -0.866. The van der Waals surface area contributed by atoms with Crippen molar-refractivity contribution in [2.45, 2.75) is 52.7 Å². The van der Waals surface area contributed by atoms with E-state index in [4.69, 9.17) is 21.7 Å².